The molecule has 0 aliphatic heterocycles. The maximum absolute atomic E-state index is 11.6. The van der Waals surface area contributed by atoms with Gasteiger partial charge in [0.15, 0.2) is 0 Å². The molecule has 2 aliphatic carbocycles. The Morgan fingerprint density at radius 1 is 1.32 bits per heavy atom. The molecular formula is C22H32O3. The summed E-state index contributed by atoms with van der Waals surface area (Å²) in [5.74, 6) is 0.951. The quantitative estimate of drug-likeness (QED) is 0.777. The van der Waals surface area contributed by atoms with Crippen LogP contribution in [0.5, 0.6) is 5.75 Å². The second kappa shape index (κ2) is 6.34. The summed E-state index contributed by atoms with van der Waals surface area (Å²) in [5.41, 5.74) is 3.65. The highest BCUT2D eigenvalue weighted by atomic mass is 16.5. The van der Waals surface area contributed by atoms with Crippen LogP contribution in [-0.2, 0) is 21.4 Å². The van der Waals surface area contributed by atoms with Crippen LogP contribution in [0.4, 0.5) is 0 Å². The Kier molecular flexibility index (Phi) is 4.63. The number of fused-ring (bicyclic) bond motifs is 3. The van der Waals surface area contributed by atoms with Crippen molar-refractivity contribution >= 4 is 5.97 Å². The normalized spacial score (nSPS) is 27.5. The van der Waals surface area contributed by atoms with Crippen LogP contribution in [-0.4, -0.2) is 17.7 Å². The molecule has 1 saturated carbocycles. The lowest BCUT2D eigenvalue weighted by molar-refractivity contribution is -0.146. The van der Waals surface area contributed by atoms with Crippen molar-refractivity contribution in [3.05, 3.63) is 28.8 Å². The van der Waals surface area contributed by atoms with Gasteiger partial charge in [-0.3, -0.25) is 4.79 Å². The number of benzene rings is 1. The first-order chi connectivity index (χ1) is 11.7. The zero-order valence-electron chi connectivity index (χ0n) is 16.3. The maximum Gasteiger partial charge on any atom is 0.302 e. The molecule has 0 bridgehead atoms. The van der Waals surface area contributed by atoms with Gasteiger partial charge in [-0.1, -0.05) is 40.2 Å². The second-order valence-corrected chi connectivity index (χ2v) is 9.09. The molecule has 0 spiro atoms. The van der Waals surface area contributed by atoms with Crippen LogP contribution in [0.25, 0.3) is 0 Å². The summed E-state index contributed by atoms with van der Waals surface area (Å²) in [6.07, 6.45) is 5.55. The SMILES string of the molecule is CC(=O)OCC12CCCC(C)(C)C1CCc1cc(C(C)C)c(O)cc12. The van der Waals surface area contributed by atoms with E-state index in [1.54, 1.807) is 0 Å². The Hall–Kier alpha value is -1.51. The van der Waals surface area contributed by atoms with Gasteiger partial charge in [0.05, 0.1) is 0 Å². The smallest absolute Gasteiger partial charge is 0.302 e. The molecule has 1 aromatic carbocycles. The van der Waals surface area contributed by atoms with E-state index in [9.17, 15) is 9.90 Å². The Labute approximate surface area is 151 Å². The molecular weight excluding hydrogens is 312 g/mol. The Balaban J connectivity index is 2.14. The van der Waals surface area contributed by atoms with Crippen LogP contribution in [0.15, 0.2) is 12.1 Å². The highest BCUT2D eigenvalue weighted by molar-refractivity contribution is 5.66. The number of hydrogen-bond donors (Lipinski definition) is 1. The molecule has 0 radical (unpaired) electrons. The van der Waals surface area contributed by atoms with Crippen LogP contribution >= 0.6 is 0 Å². The minimum absolute atomic E-state index is 0.159. The Morgan fingerprint density at radius 2 is 2.04 bits per heavy atom. The summed E-state index contributed by atoms with van der Waals surface area (Å²) < 4.78 is 5.59. The lowest BCUT2D eigenvalue weighted by Gasteiger charge is -2.55. The van der Waals surface area contributed by atoms with Crippen LogP contribution in [0.1, 0.15) is 82.9 Å². The van der Waals surface area contributed by atoms with Gasteiger partial charge >= 0.3 is 5.97 Å². The van der Waals surface area contributed by atoms with Gasteiger partial charge in [0.1, 0.15) is 12.4 Å². The maximum atomic E-state index is 11.6. The number of aryl methyl sites for hydroxylation is 1. The summed E-state index contributed by atoms with van der Waals surface area (Å²) >= 11 is 0. The van der Waals surface area contributed by atoms with Crippen molar-refractivity contribution in [3.8, 4) is 5.75 Å². The van der Waals surface area contributed by atoms with Crippen molar-refractivity contribution in [1.29, 1.82) is 0 Å². The molecule has 0 amide bonds. The van der Waals surface area contributed by atoms with Gasteiger partial charge in [0.2, 0.25) is 0 Å². The van der Waals surface area contributed by atoms with E-state index in [1.807, 2.05) is 6.07 Å². The summed E-state index contributed by atoms with van der Waals surface area (Å²) in [4.78, 5) is 11.6. The Bertz CT molecular complexity index is 674. The molecule has 3 heteroatoms. The molecule has 0 saturated heterocycles. The summed E-state index contributed by atoms with van der Waals surface area (Å²) in [7, 11) is 0. The molecule has 2 unspecified atom stereocenters. The van der Waals surface area contributed by atoms with Gasteiger partial charge in [-0.25, -0.2) is 0 Å². The van der Waals surface area contributed by atoms with E-state index in [-0.39, 0.29) is 16.8 Å². The number of carbonyl (C=O) groups excluding carboxylic acids is 1. The van der Waals surface area contributed by atoms with Gasteiger partial charge in [-0.05, 0) is 65.7 Å². The number of ether oxygens (including phenoxy) is 1. The number of phenolic OH excluding ortho intramolecular Hbond substituents is 1. The molecule has 2 atom stereocenters. The van der Waals surface area contributed by atoms with Gasteiger partial charge in [0, 0.05) is 12.3 Å². The molecule has 138 valence electrons. The molecule has 2 aliphatic rings. The largest absolute Gasteiger partial charge is 0.508 e. The third-order valence-corrected chi connectivity index (χ3v) is 6.70. The molecule has 0 heterocycles. The van der Waals surface area contributed by atoms with Crippen molar-refractivity contribution in [1.82, 2.24) is 0 Å². The van der Waals surface area contributed by atoms with Crippen molar-refractivity contribution in [3.63, 3.8) is 0 Å². The van der Waals surface area contributed by atoms with Crippen molar-refractivity contribution < 1.29 is 14.6 Å². The highest BCUT2D eigenvalue weighted by Crippen LogP contribution is 2.58. The average molecular weight is 344 g/mol. The number of hydrogen-bond acceptors (Lipinski definition) is 3. The van der Waals surface area contributed by atoms with E-state index in [4.69, 9.17) is 4.74 Å². The molecule has 1 fully saturated rings. The Morgan fingerprint density at radius 3 is 2.68 bits per heavy atom. The lowest BCUT2D eigenvalue weighted by Crippen LogP contribution is -2.52. The fourth-order valence-corrected chi connectivity index (χ4v) is 5.51. The van der Waals surface area contributed by atoms with Crippen LogP contribution in [0.2, 0.25) is 0 Å². The summed E-state index contributed by atoms with van der Waals surface area (Å²) in [6.45, 7) is 10.9. The summed E-state index contributed by atoms with van der Waals surface area (Å²) in [6, 6.07) is 4.18. The van der Waals surface area contributed by atoms with Gasteiger partial charge in [0.25, 0.3) is 0 Å². The minimum atomic E-state index is -0.216. The number of aromatic hydroxyl groups is 1. The van der Waals surface area contributed by atoms with E-state index in [0.29, 0.717) is 24.2 Å². The molecule has 1 aromatic rings. The van der Waals surface area contributed by atoms with Gasteiger partial charge in [-0.2, -0.15) is 0 Å². The highest BCUT2D eigenvalue weighted by Gasteiger charge is 2.53. The number of phenols is 1. The first-order valence-corrected chi connectivity index (χ1v) is 9.67. The van der Waals surface area contributed by atoms with E-state index >= 15 is 0 Å². The fourth-order valence-electron chi connectivity index (χ4n) is 5.51. The zero-order chi connectivity index (χ0) is 18.4. The van der Waals surface area contributed by atoms with Gasteiger partial charge in [-0.15, -0.1) is 0 Å². The molecule has 3 rings (SSSR count). The minimum Gasteiger partial charge on any atom is -0.508 e. The predicted molar refractivity (Wildman–Crippen MR) is 99.9 cm³/mol. The van der Waals surface area contributed by atoms with Crippen molar-refractivity contribution in [2.45, 2.75) is 78.1 Å². The van der Waals surface area contributed by atoms with Crippen LogP contribution in [0.3, 0.4) is 0 Å². The first-order valence-electron chi connectivity index (χ1n) is 9.67. The molecule has 25 heavy (non-hydrogen) atoms. The number of rotatable bonds is 3. The molecule has 0 aromatic heterocycles. The van der Waals surface area contributed by atoms with Crippen molar-refractivity contribution in [2.24, 2.45) is 11.3 Å². The van der Waals surface area contributed by atoms with Crippen molar-refractivity contribution in [2.75, 3.05) is 6.61 Å². The first kappa shape index (κ1) is 18.3. The monoisotopic (exact) mass is 344 g/mol. The van der Waals surface area contributed by atoms with Gasteiger partial charge < -0.3 is 9.84 Å². The van der Waals surface area contributed by atoms with E-state index in [1.165, 1.54) is 24.5 Å². The van der Waals surface area contributed by atoms with Crippen LogP contribution < -0.4 is 0 Å². The third kappa shape index (κ3) is 3.07. The van der Waals surface area contributed by atoms with Crippen LogP contribution in [0, 0.1) is 11.3 Å². The topological polar surface area (TPSA) is 46.5 Å². The predicted octanol–water partition coefficient (Wildman–Crippen LogP) is 5.09. The number of esters is 1. The molecule has 1 N–H and O–H groups in total. The summed E-state index contributed by atoms with van der Waals surface area (Å²) in [5, 5.41) is 10.6. The second-order valence-electron chi connectivity index (χ2n) is 9.09. The third-order valence-electron chi connectivity index (χ3n) is 6.70. The molecule has 3 nitrogen and oxygen atoms in total. The van der Waals surface area contributed by atoms with E-state index in [2.05, 4.69) is 33.8 Å². The fraction of sp³-hybridized carbons (Fsp3) is 0.682. The van der Waals surface area contributed by atoms with E-state index < -0.39 is 0 Å². The lowest BCUT2D eigenvalue weighted by atomic mass is 9.49. The zero-order valence-corrected chi connectivity index (χ0v) is 16.3. The number of carbonyl (C=O) groups is 1. The van der Waals surface area contributed by atoms with E-state index in [0.717, 1.165) is 31.2 Å². The average Bonchev–Trinajstić information content (AvgIpc) is 2.52. The standard InChI is InChI=1S/C22H32O3/c1-14(2)17-11-16-7-8-20-21(4,5)9-6-10-22(20,13-25-15(3)23)18(16)12-19(17)24/h11-12,14,20,24H,6-10,13H2,1-5H3.